The minimum absolute atomic E-state index is 0.310. The highest BCUT2D eigenvalue weighted by Crippen LogP contribution is 2.34. The number of benzene rings is 2. The van der Waals surface area contributed by atoms with E-state index in [9.17, 15) is 4.79 Å². The van der Waals surface area contributed by atoms with E-state index < -0.39 is 18.5 Å². The SMILES string of the molecule is C=C=C=C=C=C=C=C=C=C(C)C=CC#COc1ccc(C2OCC3OCCC(OC(=O)c4ccc(C)cc4)C3O2)cc1. The molecule has 2 aliphatic heterocycles. The van der Waals surface area contributed by atoms with Crippen molar-refractivity contribution in [1.29, 1.82) is 0 Å². The first-order valence-electron chi connectivity index (χ1n) is 13.3. The molecule has 2 aliphatic rings. The molecular formula is C36H28O6. The fraction of sp³-hybridized carbons (Fsp3) is 0.250. The Kier molecular flexibility index (Phi) is 11.1. The van der Waals surface area contributed by atoms with E-state index in [4.69, 9.17) is 23.7 Å². The van der Waals surface area contributed by atoms with Crippen LogP contribution >= 0.6 is 0 Å². The van der Waals surface area contributed by atoms with E-state index in [0.717, 1.165) is 16.7 Å². The van der Waals surface area contributed by atoms with Crippen molar-refractivity contribution >= 4 is 5.97 Å². The molecule has 0 saturated carbocycles. The molecule has 0 bridgehead atoms. The van der Waals surface area contributed by atoms with E-state index in [1.165, 1.54) is 0 Å². The molecule has 2 heterocycles. The fourth-order valence-corrected chi connectivity index (χ4v) is 4.04. The van der Waals surface area contributed by atoms with Crippen LogP contribution in [0.15, 0.2) is 119 Å². The van der Waals surface area contributed by atoms with Crippen molar-refractivity contribution in [2.45, 2.75) is 44.9 Å². The average molecular weight is 557 g/mol. The Morgan fingerprint density at radius 2 is 1.71 bits per heavy atom. The average Bonchev–Trinajstić information content (AvgIpc) is 3.01. The van der Waals surface area contributed by atoms with E-state index in [-0.39, 0.29) is 12.1 Å². The quantitative estimate of drug-likeness (QED) is 0.191. The van der Waals surface area contributed by atoms with Crippen molar-refractivity contribution in [3.8, 4) is 17.8 Å². The van der Waals surface area contributed by atoms with Gasteiger partial charge >= 0.3 is 5.97 Å². The standard InChI is InChI=1S/C36H28O6/c1-4-5-6-7-8-9-10-13-27(2)14-11-12-24-38-31-21-19-30(20-22-31)36-40-26-33-34(42-36)32(23-25-39-33)41-35(37)29-17-15-28(3)16-18-29/h11,14-22,32-34,36H,1,23,25-26H2,2-3H3. The second-order valence-electron chi connectivity index (χ2n) is 9.26. The van der Waals surface area contributed by atoms with E-state index in [2.05, 4.69) is 64.5 Å². The lowest BCUT2D eigenvalue weighted by Gasteiger charge is -2.42. The summed E-state index contributed by atoms with van der Waals surface area (Å²) in [6.45, 7) is 7.97. The Hall–Kier alpha value is -5.13. The lowest BCUT2D eigenvalue weighted by molar-refractivity contribution is -0.298. The smallest absolute Gasteiger partial charge is 0.338 e. The topological polar surface area (TPSA) is 63.2 Å². The van der Waals surface area contributed by atoms with Crippen LogP contribution < -0.4 is 4.74 Å². The molecule has 2 aromatic rings. The minimum Gasteiger partial charge on any atom is -0.456 e. The van der Waals surface area contributed by atoms with Crippen LogP contribution in [0.1, 0.15) is 41.1 Å². The zero-order chi connectivity index (χ0) is 29.6. The van der Waals surface area contributed by atoms with Gasteiger partial charge in [0.25, 0.3) is 0 Å². The number of ether oxygens (including phenoxy) is 5. The summed E-state index contributed by atoms with van der Waals surface area (Å²) in [5, 5.41) is 0. The lowest BCUT2D eigenvalue weighted by Crippen LogP contribution is -2.53. The molecule has 4 rings (SSSR count). The van der Waals surface area contributed by atoms with E-state index in [1.807, 2.05) is 38.1 Å². The van der Waals surface area contributed by atoms with Crippen LogP contribution in [0.4, 0.5) is 0 Å². The van der Waals surface area contributed by atoms with Gasteiger partial charge < -0.3 is 23.7 Å². The maximum atomic E-state index is 12.7. The molecule has 42 heavy (non-hydrogen) atoms. The maximum Gasteiger partial charge on any atom is 0.338 e. The Labute approximate surface area is 245 Å². The summed E-state index contributed by atoms with van der Waals surface area (Å²) in [4.78, 5) is 12.7. The molecule has 0 amide bonds. The second kappa shape index (κ2) is 15.6. The molecule has 0 aromatic heterocycles. The summed E-state index contributed by atoms with van der Waals surface area (Å²) >= 11 is 0. The highest BCUT2D eigenvalue weighted by molar-refractivity contribution is 5.89. The van der Waals surface area contributed by atoms with Gasteiger partial charge in [-0.3, -0.25) is 0 Å². The summed E-state index contributed by atoms with van der Waals surface area (Å²) in [5.74, 6) is 3.00. The van der Waals surface area contributed by atoms with Crippen molar-refractivity contribution < 1.29 is 28.5 Å². The number of carbonyl (C=O) groups excluding carboxylic acids is 1. The molecule has 0 spiro atoms. The monoisotopic (exact) mass is 556 g/mol. The molecule has 4 unspecified atom stereocenters. The summed E-state index contributed by atoms with van der Waals surface area (Å²) in [6, 6.07) is 14.6. The normalized spacial score (nSPS) is 20.1. The molecule has 0 aliphatic carbocycles. The highest BCUT2D eigenvalue weighted by atomic mass is 16.7. The van der Waals surface area contributed by atoms with Gasteiger partial charge in [0.15, 0.2) is 6.29 Å². The van der Waals surface area contributed by atoms with Crippen LogP contribution in [0.3, 0.4) is 0 Å². The first kappa shape index (κ1) is 29.8. The molecule has 2 aromatic carbocycles. The van der Waals surface area contributed by atoms with Crippen LogP contribution in [0.2, 0.25) is 0 Å². The third-order valence-corrected chi connectivity index (χ3v) is 6.16. The molecule has 0 radical (unpaired) electrons. The predicted octanol–water partition coefficient (Wildman–Crippen LogP) is 6.14. The number of hydrogen-bond donors (Lipinski definition) is 0. The van der Waals surface area contributed by atoms with E-state index in [0.29, 0.717) is 30.9 Å². The van der Waals surface area contributed by atoms with Gasteiger partial charge in [0, 0.05) is 17.6 Å². The molecule has 208 valence electrons. The first-order chi connectivity index (χ1) is 20.5. The first-order valence-corrected chi connectivity index (χ1v) is 13.3. The van der Waals surface area contributed by atoms with Gasteiger partial charge in [0.05, 0.1) is 18.8 Å². The molecule has 6 nitrogen and oxygen atoms in total. The number of esters is 1. The summed E-state index contributed by atoms with van der Waals surface area (Å²) < 4.78 is 29.3. The third kappa shape index (κ3) is 8.95. The van der Waals surface area contributed by atoms with Crippen LogP contribution in [-0.4, -0.2) is 37.5 Å². The van der Waals surface area contributed by atoms with Crippen LogP contribution in [-0.2, 0) is 18.9 Å². The molecular weight excluding hydrogens is 528 g/mol. The molecule has 2 saturated heterocycles. The summed E-state index contributed by atoms with van der Waals surface area (Å²) in [7, 11) is 0. The third-order valence-electron chi connectivity index (χ3n) is 6.16. The van der Waals surface area contributed by atoms with E-state index >= 15 is 0 Å². The molecule has 2 fully saturated rings. The Bertz CT molecular complexity index is 1690. The zero-order valence-electron chi connectivity index (χ0n) is 23.4. The van der Waals surface area contributed by atoms with Crippen LogP contribution in [0.25, 0.3) is 0 Å². The van der Waals surface area contributed by atoms with Crippen LogP contribution in [0.5, 0.6) is 5.75 Å². The lowest BCUT2D eigenvalue weighted by atomic mass is 10.0. The number of carbonyl (C=O) groups is 1. The number of hydrogen-bond acceptors (Lipinski definition) is 6. The molecule has 6 heteroatoms. The van der Waals surface area contributed by atoms with Gasteiger partial charge in [0.2, 0.25) is 0 Å². The number of rotatable bonds is 5. The Morgan fingerprint density at radius 1 is 0.976 bits per heavy atom. The second-order valence-corrected chi connectivity index (χ2v) is 9.26. The van der Waals surface area contributed by atoms with E-state index in [1.54, 1.807) is 36.4 Å². The number of allylic oxidation sites excluding steroid dienone is 3. The van der Waals surface area contributed by atoms with Gasteiger partial charge in [-0.25, -0.2) is 4.79 Å². The zero-order valence-corrected chi connectivity index (χ0v) is 23.4. The minimum atomic E-state index is -0.629. The van der Waals surface area contributed by atoms with Gasteiger partial charge in [-0.2, -0.15) is 0 Å². The number of fused-ring (bicyclic) bond motifs is 1. The highest BCUT2D eigenvalue weighted by Gasteiger charge is 2.43. The molecule has 0 N–H and O–H groups in total. The Balaban J connectivity index is 1.33. The largest absolute Gasteiger partial charge is 0.456 e. The van der Waals surface area contributed by atoms with Gasteiger partial charge in [-0.05, 0) is 97.2 Å². The maximum absolute atomic E-state index is 12.7. The molecule has 4 atom stereocenters. The van der Waals surface area contributed by atoms with Gasteiger partial charge in [0.1, 0.15) is 30.2 Å². The van der Waals surface area contributed by atoms with Crippen molar-refractivity contribution in [1.82, 2.24) is 0 Å². The fourth-order valence-electron chi connectivity index (χ4n) is 4.04. The van der Waals surface area contributed by atoms with Crippen molar-refractivity contribution in [3.05, 3.63) is 135 Å². The summed E-state index contributed by atoms with van der Waals surface area (Å²) in [5.41, 5.74) is 24.0. The Morgan fingerprint density at radius 3 is 2.48 bits per heavy atom. The number of aryl methyl sites for hydroxylation is 1. The van der Waals surface area contributed by atoms with Crippen molar-refractivity contribution in [3.63, 3.8) is 0 Å². The van der Waals surface area contributed by atoms with Crippen LogP contribution in [0, 0.1) is 19.0 Å². The predicted molar refractivity (Wildman–Crippen MR) is 155 cm³/mol. The van der Waals surface area contributed by atoms with Crippen molar-refractivity contribution in [2.24, 2.45) is 0 Å². The van der Waals surface area contributed by atoms with Crippen molar-refractivity contribution in [2.75, 3.05) is 13.2 Å². The van der Waals surface area contributed by atoms with Gasteiger partial charge in [-0.15, -0.1) is 0 Å². The summed E-state index contributed by atoms with van der Waals surface area (Å²) in [6.07, 6.45) is 4.78. The van der Waals surface area contributed by atoms with Gasteiger partial charge in [-0.1, -0.05) is 41.3 Å².